The van der Waals surface area contributed by atoms with E-state index in [2.05, 4.69) is 34.1 Å². The van der Waals surface area contributed by atoms with Crippen molar-refractivity contribution in [3.05, 3.63) is 35.9 Å². The number of β-amino-alcohol motifs (C(OH)–C–C–N with tert-alkyl or cyclic N) is 1. The number of aliphatic hydroxyl groups excluding tert-OH is 2. The zero-order valence-corrected chi connectivity index (χ0v) is 15.3. The standard InChI is InChI=1S/C20H29N3O3/c24-9-7-19(26)22-11-17-10-18(25)12-23(17)20(15-22)13-21(14-20)8-6-16-4-2-1-3-5-16/h1-5,17-18,24-25H,6-15H2/t17-,18+/m0/s1. The lowest BCUT2D eigenvalue weighted by molar-refractivity contribution is -0.150. The molecule has 6 heteroatoms. The van der Waals surface area contributed by atoms with Gasteiger partial charge in [-0.3, -0.25) is 14.6 Å². The molecule has 3 aliphatic rings. The number of hydrogen-bond acceptors (Lipinski definition) is 5. The number of benzene rings is 1. The van der Waals surface area contributed by atoms with Crippen LogP contribution in [0.1, 0.15) is 18.4 Å². The SMILES string of the molecule is O=C(CCO)N1C[C@@H]2C[C@@H](O)CN2C2(CN(CCc3ccccc3)C2)C1. The number of aliphatic hydroxyl groups is 2. The molecular weight excluding hydrogens is 330 g/mol. The van der Waals surface area contributed by atoms with Crippen LogP contribution >= 0.6 is 0 Å². The van der Waals surface area contributed by atoms with E-state index in [0.717, 1.165) is 45.6 Å². The van der Waals surface area contributed by atoms with Gasteiger partial charge in [0.15, 0.2) is 0 Å². The summed E-state index contributed by atoms with van der Waals surface area (Å²) in [6.07, 6.45) is 1.69. The summed E-state index contributed by atoms with van der Waals surface area (Å²) >= 11 is 0. The molecular formula is C20H29N3O3. The van der Waals surface area contributed by atoms with Crippen LogP contribution in [0.15, 0.2) is 30.3 Å². The number of amides is 1. The van der Waals surface area contributed by atoms with E-state index in [1.54, 1.807) is 0 Å². The number of fused-ring (bicyclic) bond motifs is 2. The summed E-state index contributed by atoms with van der Waals surface area (Å²) in [5, 5.41) is 19.3. The van der Waals surface area contributed by atoms with E-state index in [1.807, 2.05) is 11.0 Å². The molecule has 2 N–H and O–H groups in total. The van der Waals surface area contributed by atoms with Crippen LogP contribution in [0, 0.1) is 0 Å². The molecule has 1 spiro atoms. The highest BCUT2D eigenvalue weighted by Crippen LogP contribution is 2.39. The predicted molar refractivity (Wildman–Crippen MR) is 98.7 cm³/mol. The predicted octanol–water partition coefficient (Wildman–Crippen LogP) is -0.0567. The lowest BCUT2D eigenvalue weighted by Gasteiger charge is -2.61. The van der Waals surface area contributed by atoms with Gasteiger partial charge in [0.1, 0.15) is 0 Å². The Hall–Kier alpha value is -1.47. The second-order valence-electron chi connectivity index (χ2n) is 8.11. The Balaban J connectivity index is 1.40. The molecule has 4 rings (SSSR count). The molecule has 0 saturated carbocycles. The largest absolute Gasteiger partial charge is 0.396 e. The van der Waals surface area contributed by atoms with Crippen molar-refractivity contribution in [1.29, 1.82) is 0 Å². The Labute approximate surface area is 155 Å². The fourth-order valence-corrected chi connectivity index (χ4v) is 5.01. The summed E-state index contributed by atoms with van der Waals surface area (Å²) < 4.78 is 0. The molecule has 0 unspecified atom stereocenters. The lowest BCUT2D eigenvalue weighted by atomic mass is 9.83. The number of carbonyl (C=O) groups is 1. The second kappa shape index (κ2) is 7.27. The van der Waals surface area contributed by atoms with Gasteiger partial charge in [-0.1, -0.05) is 30.3 Å². The Kier molecular flexibility index (Phi) is 5.01. The van der Waals surface area contributed by atoms with E-state index in [9.17, 15) is 9.90 Å². The van der Waals surface area contributed by atoms with Gasteiger partial charge >= 0.3 is 0 Å². The quantitative estimate of drug-likeness (QED) is 0.771. The van der Waals surface area contributed by atoms with Gasteiger partial charge in [-0.2, -0.15) is 0 Å². The van der Waals surface area contributed by atoms with Crippen LogP contribution in [-0.2, 0) is 11.2 Å². The van der Waals surface area contributed by atoms with Gasteiger partial charge in [-0.15, -0.1) is 0 Å². The van der Waals surface area contributed by atoms with E-state index < -0.39 is 0 Å². The maximum absolute atomic E-state index is 12.4. The zero-order chi connectivity index (χ0) is 18.1. The van der Waals surface area contributed by atoms with Crippen molar-refractivity contribution in [2.24, 2.45) is 0 Å². The van der Waals surface area contributed by atoms with Crippen LogP contribution in [0.2, 0.25) is 0 Å². The maximum atomic E-state index is 12.4. The molecule has 1 aromatic rings. The summed E-state index contributed by atoms with van der Waals surface area (Å²) in [6.45, 7) is 4.95. The molecule has 6 nitrogen and oxygen atoms in total. The highest BCUT2D eigenvalue weighted by atomic mass is 16.3. The fourth-order valence-electron chi connectivity index (χ4n) is 5.01. The Morgan fingerprint density at radius 2 is 1.92 bits per heavy atom. The molecule has 3 aliphatic heterocycles. The summed E-state index contributed by atoms with van der Waals surface area (Å²) in [6, 6.07) is 10.8. The van der Waals surface area contributed by atoms with Crippen molar-refractivity contribution >= 4 is 5.91 Å². The van der Waals surface area contributed by atoms with Gasteiger partial charge in [0.25, 0.3) is 0 Å². The van der Waals surface area contributed by atoms with E-state index in [0.29, 0.717) is 6.54 Å². The topological polar surface area (TPSA) is 67.2 Å². The first-order valence-corrected chi connectivity index (χ1v) is 9.69. The number of rotatable bonds is 5. The maximum Gasteiger partial charge on any atom is 0.224 e. The van der Waals surface area contributed by atoms with Gasteiger partial charge in [0.2, 0.25) is 5.91 Å². The molecule has 1 aromatic carbocycles. The summed E-state index contributed by atoms with van der Waals surface area (Å²) in [4.78, 5) is 19.2. The average molecular weight is 359 g/mol. The van der Waals surface area contributed by atoms with Crippen LogP contribution in [0.5, 0.6) is 0 Å². The fraction of sp³-hybridized carbons (Fsp3) is 0.650. The molecule has 0 bridgehead atoms. The third-order valence-corrected chi connectivity index (χ3v) is 6.19. The summed E-state index contributed by atoms with van der Waals surface area (Å²) in [7, 11) is 0. The first kappa shape index (κ1) is 17.9. The van der Waals surface area contributed by atoms with E-state index in [-0.39, 0.29) is 36.6 Å². The zero-order valence-electron chi connectivity index (χ0n) is 15.3. The average Bonchev–Trinajstić information content (AvgIpc) is 2.99. The minimum Gasteiger partial charge on any atom is -0.396 e. The molecule has 0 aliphatic carbocycles. The minimum atomic E-state index is -0.289. The Morgan fingerprint density at radius 3 is 2.65 bits per heavy atom. The normalized spacial score (nSPS) is 28.2. The molecule has 2 atom stereocenters. The highest BCUT2D eigenvalue weighted by Gasteiger charge is 2.56. The van der Waals surface area contributed by atoms with Crippen molar-refractivity contribution in [3.8, 4) is 0 Å². The van der Waals surface area contributed by atoms with E-state index >= 15 is 0 Å². The van der Waals surface area contributed by atoms with Crippen LogP contribution < -0.4 is 0 Å². The number of likely N-dealkylation sites (tertiary alicyclic amines) is 1. The number of carbonyl (C=O) groups excluding carboxylic acids is 1. The highest BCUT2D eigenvalue weighted by molar-refractivity contribution is 5.76. The van der Waals surface area contributed by atoms with Crippen molar-refractivity contribution in [2.75, 3.05) is 45.9 Å². The first-order chi connectivity index (χ1) is 12.6. The number of piperazine rings is 1. The van der Waals surface area contributed by atoms with Crippen LogP contribution in [0.25, 0.3) is 0 Å². The molecule has 0 radical (unpaired) electrons. The van der Waals surface area contributed by atoms with Gasteiger partial charge < -0.3 is 15.1 Å². The smallest absolute Gasteiger partial charge is 0.224 e. The lowest BCUT2D eigenvalue weighted by Crippen LogP contribution is -2.78. The van der Waals surface area contributed by atoms with E-state index in [4.69, 9.17) is 5.11 Å². The molecule has 142 valence electrons. The van der Waals surface area contributed by atoms with Crippen LogP contribution in [-0.4, -0.2) is 94.4 Å². The Morgan fingerprint density at radius 1 is 1.15 bits per heavy atom. The molecule has 3 saturated heterocycles. The van der Waals surface area contributed by atoms with Crippen molar-refractivity contribution in [1.82, 2.24) is 14.7 Å². The van der Waals surface area contributed by atoms with Crippen LogP contribution in [0.4, 0.5) is 0 Å². The van der Waals surface area contributed by atoms with Crippen molar-refractivity contribution in [2.45, 2.75) is 36.9 Å². The number of hydrogen-bond donors (Lipinski definition) is 2. The van der Waals surface area contributed by atoms with Crippen molar-refractivity contribution < 1.29 is 15.0 Å². The monoisotopic (exact) mass is 359 g/mol. The first-order valence-electron chi connectivity index (χ1n) is 9.69. The summed E-state index contributed by atoms with van der Waals surface area (Å²) in [5.41, 5.74) is 1.33. The minimum absolute atomic E-state index is 0.0256. The molecule has 3 heterocycles. The van der Waals surface area contributed by atoms with E-state index in [1.165, 1.54) is 5.56 Å². The third-order valence-electron chi connectivity index (χ3n) is 6.19. The van der Waals surface area contributed by atoms with Gasteiger partial charge in [0.05, 0.1) is 18.2 Å². The van der Waals surface area contributed by atoms with Gasteiger partial charge in [-0.05, 0) is 18.4 Å². The van der Waals surface area contributed by atoms with Crippen LogP contribution in [0.3, 0.4) is 0 Å². The van der Waals surface area contributed by atoms with Gasteiger partial charge in [-0.25, -0.2) is 0 Å². The third kappa shape index (κ3) is 3.39. The van der Waals surface area contributed by atoms with Crippen molar-refractivity contribution in [3.63, 3.8) is 0 Å². The van der Waals surface area contributed by atoms with Gasteiger partial charge in [0, 0.05) is 51.7 Å². The molecule has 1 amide bonds. The number of nitrogens with zero attached hydrogens (tertiary/aromatic N) is 3. The Bertz CT molecular complexity index is 632. The molecule has 3 fully saturated rings. The molecule has 0 aromatic heterocycles. The molecule has 26 heavy (non-hydrogen) atoms. The summed E-state index contributed by atoms with van der Waals surface area (Å²) in [5.74, 6) is 0.0376. The second-order valence-corrected chi connectivity index (χ2v) is 8.11.